The Kier molecular flexibility index (Phi) is 3.29. The lowest BCUT2D eigenvalue weighted by Crippen LogP contribution is -1.95. The number of methoxy groups -OCH3 is 1. The third kappa shape index (κ3) is 2.62. The summed E-state index contributed by atoms with van der Waals surface area (Å²) in [5.74, 6) is -0.190. The average molecular weight is 192 g/mol. The zero-order valence-corrected chi connectivity index (χ0v) is 8.15. The maximum atomic E-state index is 10.6. The average Bonchev–Trinajstić information content (AvgIpc) is 2.18. The van der Waals surface area contributed by atoms with Gasteiger partial charge in [0.15, 0.2) is 0 Å². The van der Waals surface area contributed by atoms with Gasteiger partial charge in [0, 0.05) is 5.57 Å². The number of carbonyl (C=O) groups is 1. The van der Waals surface area contributed by atoms with Crippen LogP contribution in [-0.2, 0) is 4.79 Å². The molecule has 0 aliphatic heterocycles. The number of ether oxygens (including phenoxy) is 1. The highest BCUT2D eigenvalue weighted by atomic mass is 16.5. The van der Waals surface area contributed by atoms with E-state index >= 15 is 0 Å². The SMILES string of the molecule is COc1cccc(/C=C(/C)C(=O)O)c1. The Bertz CT molecular complexity index is 367. The molecule has 1 N–H and O–H groups in total. The number of carboxylic acid groups (broad SMARTS) is 1. The van der Waals surface area contributed by atoms with Crippen molar-refractivity contribution in [1.29, 1.82) is 0 Å². The molecule has 0 amide bonds. The molecule has 0 atom stereocenters. The molecule has 0 bridgehead atoms. The Hall–Kier alpha value is -1.77. The zero-order chi connectivity index (χ0) is 10.6. The summed E-state index contributed by atoms with van der Waals surface area (Å²) in [5, 5.41) is 8.67. The van der Waals surface area contributed by atoms with Crippen LogP contribution in [0.15, 0.2) is 29.8 Å². The fourth-order valence-corrected chi connectivity index (χ4v) is 1.04. The first-order valence-corrected chi connectivity index (χ1v) is 4.19. The first-order chi connectivity index (χ1) is 6.63. The van der Waals surface area contributed by atoms with E-state index in [1.165, 1.54) is 0 Å². The van der Waals surface area contributed by atoms with Gasteiger partial charge < -0.3 is 9.84 Å². The highest BCUT2D eigenvalue weighted by molar-refractivity contribution is 5.91. The summed E-state index contributed by atoms with van der Waals surface area (Å²) >= 11 is 0. The fourth-order valence-electron chi connectivity index (χ4n) is 1.04. The van der Waals surface area contributed by atoms with Crippen molar-refractivity contribution < 1.29 is 14.6 Å². The third-order valence-electron chi connectivity index (χ3n) is 1.81. The minimum atomic E-state index is -0.909. The van der Waals surface area contributed by atoms with E-state index in [2.05, 4.69) is 0 Å². The smallest absolute Gasteiger partial charge is 0.331 e. The molecule has 14 heavy (non-hydrogen) atoms. The lowest BCUT2D eigenvalue weighted by molar-refractivity contribution is -0.132. The third-order valence-corrected chi connectivity index (χ3v) is 1.81. The lowest BCUT2D eigenvalue weighted by atomic mass is 10.1. The summed E-state index contributed by atoms with van der Waals surface area (Å²) in [5.41, 5.74) is 1.13. The van der Waals surface area contributed by atoms with Crippen LogP contribution in [-0.4, -0.2) is 18.2 Å². The molecule has 3 heteroatoms. The van der Waals surface area contributed by atoms with Gasteiger partial charge in [-0.25, -0.2) is 4.79 Å². The molecule has 0 aliphatic rings. The standard InChI is InChI=1S/C11H12O3/c1-8(11(12)13)6-9-4-3-5-10(7-9)14-2/h3-7H,1-2H3,(H,12,13)/b8-6-. The van der Waals surface area contributed by atoms with Crippen LogP contribution >= 0.6 is 0 Å². The first kappa shape index (κ1) is 10.3. The molecule has 1 aromatic carbocycles. The van der Waals surface area contributed by atoms with Crippen LogP contribution in [0.5, 0.6) is 5.75 Å². The van der Waals surface area contributed by atoms with E-state index in [9.17, 15) is 4.79 Å². The molecule has 0 heterocycles. The number of carboxylic acids is 1. The molecule has 3 nitrogen and oxygen atoms in total. The molecule has 0 aliphatic carbocycles. The van der Waals surface area contributed by atoms with Gasteiger partial charge in [0.1, 0.15) is 5.75 Å². The maximum absolute atomic E-state index is 10.6. The summed E-state index contributed by atoms with van der Waals surface area (Å²) in [6.07, 6.45) is 1.60. The molecule has 0 unspecified atom stereocenters. The molecule has 0 aromatic heterocycles. The molecule has 0 saturated heterocycles. The van der Waals surface area contributed by atoms with Gasteiger partial charge in [-0.3, -0.25) is 0 Å². The van der Waals surface area contributed by atoms with Crippen molar-refractivity contribution in [3.05, 3.63) is 35.4 Å². The van der Waals surface area contributed by atoms with Crippen LogP contribution in [0.1, 0.15) is 12.5 Å². The van der Waals surface area contributed by atoms with Gasteiger partial charge in [-0.2, -0.15) is 0 Å². The van der Waals surface area contributed by atoms with Crippen molar-refractivity contribution in [1.82, 2.24) is 0 Å². The largest absolute Gasteiger partial charge is 0.497 e. The Balaban J connectivity index is 2.97. The van der Waals surface area contributed by atoms with Gasteiger partial charge >= 0.3 is 5.97 Å². The molecule has 0 spiro atoms. The molecular weight excluding hydrogens is 180 g/mol. The second kappa shape index (κ2) is 4.46. The number of aliphatic carboxylic acids is 1. The summed E-state index contributed by atoms with van der Waals surface area (Å²) in [6, 6.07) is 7.24. The summed E-state index contributed by atoms with van der Waals surface area (Å²) in [4.78, 5) is 10.6. The van der Waals surface area contributed by atoms with Crippen LogP contribution < -0.4 is 4.74 Å². The molecular formula is C11H12O3. The lowest BCUT2D eigenvalue weighted by Gasteiger charge is -2.00. The van der Waals surface area contributed by atoms with Crippen LogP contribution in [0.3, 0.4) is 0 Å². The maximum Gasteiger partial charge on any atom is 0.331 e. The topological polar surface area (TPSA) is 46.5 Å². The van der Waals surface area contributed by atoms with Gasteiger partial charge in [0.05, 0.1) is 7.11 Å². The zero-order valence-electron chi connectivity index (χ0n) is 8.15. The monoisotopic (exact) mass is 192 g/mol. The van der Waals surface area contributed by atoms with Crippen molar-refractivity contribution in [2.45, 2.75) is 6.92 Å². The number of hydrogen-bond acceptors (Lipinski definition) is 2. The number of rotatable bonds is 3. The summed E-state index contributed by atoms with van der Waals surface area (Å²) in [7, 11) is 1.58. The van der Waals surface area contributed by atoms with Gasteiger partial charge in [-0.15, -0.1) is 0 Å². The summed E-state index contributed by atoms with van der Waals surface area (Å²) in [6.45, 7) is 1.56. The quantitative estimate of drug-likeness (QED) is 0.746. The van der Waals surface area contributed by atoms with Crippen LogP contribution in [0.2, 0.25) is 0 Å². The van der Waals surface area contributed by atoms with Gasteiger partial charge in [-0.05, 0) is 30.7 Å². The van der Waals surface area contributed by atoms with Crippen molar-refractivity contribution in [3.8, 4) is 5.75 Å². The second-order valence-electron chi connectivity index (χ2n) is 2.91. The molecule has 1 aromatic rings. The van der Waals surface area contributed by atoms with Crippen LogP contribution in [0.4, 0.5) is 0 Å². The second-order valence-corrected chi connectivity index (χ2v) is 2.91. The highest BCUT2D eigenvalue weighted by Gasteiger charge is 2.00. The van der Waals surface area contributed by atoms with Gasteiger partial charge in [0.2, 0.25) is 0 Å². The minimum Gasteiger partial charge on any atom is -0.497 e. The van der Waals surface area contributed by atoms with E-state index in [0.29, 0.717) is 5.57 Å². The molecule has 1 rings (SSSR count). The molecule has 0 radical (unpaired) electrons. The van der Waals surface area contributed by atoms with Gasteiger partial charge in [0.25, 0.3) is 0 Å². The van der Waals surface area contributed by atoms with E-state index in [-0.39, 0.29) is 0 Å². The van der Waals surface area contributed by atoms with E-state index in [1.807, 2.05) is 18.2 Å². The van der Waals surface area contributed by atoms with E-state index < -0.39 is 5.97 Å². The van der Waals surface area contributed by atoms with Crippen molar-refractivity contribution >= 4 is 12.0 Å². The number of hydrogen-bond donors (Lipinski definition) is 1. The molecule has 0 saturated carbocycles. The molecule has 74 valence electrons. The first-order valence-electron chi connectivity index (χ1n) is 4.19. The summed E-state index contributed by atoms with van der Waals surface area (Å²) < 4.78 is 5.02. The van der Waals surface area contributed by atoms with E-state index in [0.717, 1.165) is 11.3 Å². The Morgan fingerprint density at radius 1 is 1.50 bits per heavy atom. The van der Waals surface area contributed by atoms with Crippen LogP contribution in [0, 0.1) is 0 Å². The van der Waals surface area contributed by atoms with E-state index in [4.69, 9.17) is 9.84 Å². The minimum absolute atomic E-state index is 0.304. The predicted molar refractivity (Wildman–Crippen MR) is 54.3 cm³/mol. The van der Waals surface area contributed by atoms with Crippen molar-refractivity contribution in [3.63, 3.8) is 0 Å². The molecule has 0 fully saturated rings. The number of benzene rings is 1. The fraction of sp³-hybridized carbons (Fsp3) is 0.182. The predicted octanol–water partition coefficient (Wildman–Crippen LogP) is 2.18. The highest BCUT2D eigenvalue weighted by Crippen LogP contribution is 2.15. The van der Waals surface area contributed by atoms with E-state index in [1.54, 1.807) is 26.2 Å². The Morgan fingerprint density at radius 3 is 2.79 bits per heavy atom. The normalized spacial score (nSPS) is 11.1. The Morgan fingerprint density at radius 2 is 2.21 bits per heavy atom. The Labute approximate surface area is 82.6 Å². The van der Waals surface area contributed by atoms with Crippen molar-refractivity contribution in [2.75, 3.05) is 7.11 Å². The van der Waals surface area contributed by atoms with Crippen molar-refractivity contribution in [2.24, 2.45) is 0 Å². The van der Waals surface area contributed by atoms with Crippen LogP contribution in [0.25, 0.3) is 6.08 Å². The van der Waals surface area contributed by atoms with Gasteiger partial charge in [-0.1, -0.05) is 12.1 Å².